The van der Waals surface area contributed by atoms with Crippen molar-refractivity contribution in [3.05, 3.63) is 85.1 Å². The van der Waals surface area contributed by atoms with E-state index in [1.807, 2.05) is 0 Å². The van der Waals surface area contributed by atoms with Gasteiger partial charge in [-0.3, -0.25) is 14.4 Å². The van der Waals surface area contributed by atoms with Gasteiger partial charge in [-0.05, 0) is 116 Å². The van der Waals surface area contributed by atoms with Gasteiger partial charge in [0.1, 0.15) is 13.2 Å². The second-order valence-electron chi connectivity index (χ2n) is 22.7. The lowest BCUT2D eigenvalue weighted by molar-refractivity contribution is -0.167. The lowest BCUT2D eigenvalue weighted by Gasteiger charge is -2.18. The highest BCUT2D eigenvalue weighted by molar-refractivity contribution is 5.71. The minimum atomic E-state index is -0.790. The highest BCUT2D eigenvalue weighted by atomic mass is 16.6. The molecule has 0 amide bonds. The van der Waals surface area contributed by atoms with Crippen LogP contribution in [0.4, 0.5) is 0 Å². The molecule has 0 spiro atoms. The molecule has 0 aliphatic carbocycles. The number of unbranched alkanes of at least 4 members (excludes halogenated alkanes) is 37. The molecule has 0 heterocycles. The quantitative estimate of drug-likeness (QED) is 0.0261. The van der Waals surface area contributed by atoms with Gasteiger partial charge in [0.25, 0.3) is 0 Å². The number of ether oxygens (including phenoxy) is 3. The van der Waals surface area contributed by atoms with E-state index in [9.17, 15) is 14.4 Å². The van der Waals surface area contributed by atoms with Crippen molar-refractivity contribution in [2.75, 3.05) is 13.2 Å². The fourth-order valence-electron chi connectivity index (χ4n) is 9.76. The van der Waals surface area contributed by atoms with Gasteiger partial charge in [0.2, 0.25) is 0 Å². The molecule has 6 nitrogen and oxygen atoms in total. The topological polar surface area (TPSA) is 78.9 Å². The fourth-order valence-corrected chi connectivity index (χ4v) is 9.76. The van der Waals surface area contributed by atoms with Crippen molar-refractivity contribution >= 4 is 17.9 Å². The summed E-state index contributed by atoms with van der Waals surface area (Å²) in [5.41, 5.74) is 0. The molecule has 6 heteroatoms. The largest absolute Gasteiger partial charge is 0.462 e. The number of hydrogen-bond acceptors (Lipinski definition) is 6. The number of allylic oxidation sites excluding steroid dienone is 14. The van der Waals surface area contributed by atoms with Crippen molar-refractivity contribution < 1.29 is 28.6 Å². The van der Waals surface area contributed by atoms with Gasteiger partial charge in [0, 0.05) is 19.3 Å². The molecule has 0 radical (unpaired) electrons. The summed E-state index contributed by atoms with van der Waals surface area (Å²) in [7, 11) is 0. The molecule has 0 saturated carbocycles. The van der Waals surface area contributed by atoms with Crippen molar-refractivity contribution in [2.24, 2.45) is 0 Å². The Balaban J connectivity index is 4.35. The minimum absolute atomic E-state index is 0.0839. The van der Waals surface area contributed by atoms with E-state index in [-0.39, 0.29) is 31.1 Å². The third-order valence-corrected chi connectivity index (χ3v) is 14.9. The Kier molecular flexibility index (Phi) is 64.2. The van der Waals surface area contributed by atoms with Crippen LogP contribution >= 0.6 is 0 Å². The Hall–Kier alpha value is -3.41. The van der Waals surface area contributed by atoms with Gasteiger partial charge >= 0.3 is 17.9 Å². The van der Waals surface area contributed by atoms with E-state index >= 15 is 0 Å². The monoisotopic (exact) mass is 1100 g/mol. The third-order valence-electron chi connectivity index (χ3n) is 14.9. The SMILES string of the molecule is CC/C=C\C/C=C\C/C=C\C/C=C\CCCCCCC(=O)OCC(COC(=O)CCCCCCCCCCCCCCC/C=C\C/C=C\CCCCCCC)OC(=O)CCCCCCCCCCC/C=C\CCCCCCCC. The van der Waals surface area contributed by atoms with Crippen LogP contribution in [0, 0.1) is 0 Å². The molecule has 0 aliphatic rings. The molecule has 79 heavy (non-hydrogen) atoms. The second kappa shape index (κ2) is 67.1. The van der Waals surface area contributed by atoms with Crippen LogP contribution < -0.4 is 0 Å². The smallest absolute Gasteiger partial charge is 0.306 e. The molecule has 0 aromatic carbocycles. The van der Waals surface area contributed by atoms with Crippen molar-refractivity contribution in [3.8, 4) is 0 Å². The molecule has 456 valence electrons. The number of carbonyl (C=O) groups is 3. The summed E-state index contributed by atoms with van der Waals surface area (Å²) in [5, 5.41) is 0. The lowest BCUT2D eigenvalue weighted by Crippen LogP contribution is -2.30. The number of hydrogen-bond donors (Lipinski definition) is 0. The molecule has 0 fully saturated rings. The first-order chi connectivity index (χ1) is 39.0. The highest BCUT2D eigenvalue weighted by Gasteiger charge is 2.19. The average Bonchev–Trinajstić information content (AvgIpc) is 3.45. The predicted octanol–water partition coefficient (Wildman–Crippen LogP) is 23.4. The second-order valence-corrected chi connectivity index (χ2v) is 22.7. The summed E-state index contributed by atoms with van der Waals surface area (Å²) >= 11 is 0. The van der Waals surface area contributed by atoms with Gasteiger partial charge in [0.05, 0.1) is 0 Å². The number of carbonyl (C=O) groups excluding carboxylic acids is 3. The average molecular weight is 1100 g/mol. The fraction of sp³-hybridized carbons (Fsp3) is 0.767. The maximum atomic E-state index is 12.9. The molecule has 0 saturated heterocycles. The van der Waals surface area contributed by atoms with Crippen LogP contribution in [0.1, 0.15) is 342 Å². The Morgan fingerprint density at radius 2 is 0.494 bits per heavy atom. The zero-order valence-corrected chi connectivity index (χ0v) is 52.4. The van der Waals surface area contributed by atoms with E-state index in [4.69, 9.17) is 14.2 Å². The summed E-state index contributed by atoms with van der Waals surface area (Å²) < 4.78 is 17.0. The first-order valence-corrected chi connectivity index (χ1v) is 34.1. The van der Waals surface area contributed by atoms with Crippen molar-refractivity contribution in [1.82, 2.24) is 0 Å². The maximum absolute atomic E-state index is 12.9. The summed E-state index contributed by atoms with van der Waals surface area (Å²) in [6.07, 6.45) is 88.8. The van der Waals surface area contributed by atoms with Crippen LogP contribution in [0.5, 0.6) is 0 Å². The summed E-state index contributed by atoms with van der Waals surface area (Å²) in [6, 6.07) is 0. The van der Waals surface area contributed by atoms with E-state index in [1.165, 1.54) is 199 Å². The summed E-state index contributed by atoms with van der Waals surface area (Å²) in [4.78, 5) is 38.4. The summed E-state index contributed by atoms with van der Waals surface area (Å²) in [6.45, 7) is 6.53. The normalized spacial score (nSPS) is 12.6. The van der Waals surface area contributed by atoms with Crippen LogP contribution in [0.2, 0.25) is 0 Å². The number of rotatable bonds is 62. The predicted molar refractivity (Wildman–Crippen MR) is 344 cm³/mol. The molecule has 0 aromatic rings. The Labute approximate surface area is 490 Å². The van der Waals surface area contributed by atoms with Gasteiger partial charge in [-0.2, -0.15) is 0 Å². The Morgan fingerprint density at radius 3 is 0.785 bits per heavy atom. The van der Waals surface area contributed by atoms with Gasteiger partial charge in [-0.15, -0.1) is 0 Å². The molecule has 0 aliphatic heterocycles. The maximum Gasteiger partial charge on any atom is 0.306 e. The first-order valence-electron chi connectivity index (χ1n) is 34.1. The van der Waals surface area contributed by atoms with Crippen LogP contribution in [-0.2, 0) is 28.6 Å². The molecule has 1 atom stereocenters. The molecule has 0 bridgehead atoms. The van der Waals surface area contributed by atoms with Crippen LogP contribution in [0.25, 0.3) is 0 Å². The molecule has 1 unspecified atom stereocenters. The zero-order chi connectivity index (χ0) is 57.1. The van der Waals surface area contributed by atoms with Crippen LogP contribution in [0.3, 0.4) is 0 Å². The van der Waals surface area contributed by atoms with Crippen molar-refractivity contribution in [2.45, 2.75) is 348 Å². The highest BCUT2D eigenvalue weighted by Crippen LogP contribution is 2.17. The standard InChI is InChI=1S/C73H128O6/c1-4-7-10-13-16-19-22-25-28-31-33-34-35-36-37-38-40-42-45-48-51-54-57-60-63-66-72(75)78-69-70(68-77-71(74)65-62-59-56-53-50-47-44-41-30-27-24-21-18-15-12-9-6-3)79-73(76)67-64-61-58-55-52-49-46-43-39-32-29-26-23-20-17-14-11-8-5-2/h9,12,18,21-22,25-27,29-31,33,44,47,70H,4-8,10-11,13-17,19-20,23-24,28,32,34-43,45-46,48-69H2,1-3H3/b12-9-,21-18-,25-22-,29-26-,30-27-,33-31-,47-44-. The molecule has 0 N–H and O–H groups in total. The van der Waals surface area contributed by atoms with E-state index in [1.54, 1.807) is 0 Å². The Bertz CT molecular complexity index is 1500. The molecule has 0 aromatic heterocycles. The zero-order valence-electron chi connectivity index (χ0n) is 52.4. The first kappa shape index (κ1) is 75.6. The van der Waals surface area contributed by atoms with E-state index in [0.717, 1.165) is 103 Å². The Morgan fingerprint density at radius 1 is 0.266 bits per heavy atom. The summed E-state index contributed by atoms with van der Waals surface area (Å²) in [5.74, 6) is -0.895. The third kappa shape index (κ3) is 65.3. The number of esters is 3. The van der Waals surface area contributed by atoms with Gasteiger partial charge in [-0.1, -0.05) is 292 Å². The van der Waals surface area contributed by atoms with Gasteiger partial charge < -0.3 is 14.2 Å². The minimum Gasteiger partial charge on any atom is -0.462 e. The van der Waals surface area contributed by atoms with E-state index in [0.29, 0.717) is 19.3 Å². The van der Waals surface area contributed by atoms with E-state index < -0.39 is 6.10 Å². The lowest BCUT2D eigenvalue weighted by atomic mass is 10.0. The van der Waals surface area contributed by atoms with Crippen LogP contribution in [-0.4, -0.2) is 37.2 Å². The van der Waals surface area contributed by atoms with Crippen molar-refractivity contribution in [1.29, 1.82) is 0 Å². The van der Waals surface area contributed by atoms with Gasteiger partial charge in [0.15, 0.2) is 6.10 Å². The molecular formula is C73H128O6. The van der Waals surface area contributed by atoms with Crippen molar-refractivity contribution in [3.63, 3.8) is 0 Å². The van der Waals surface area contributed by atoms with Crippen LogP contribution in [0.15, 0.2) is 85.1 Å². The molecule has 0 rings (SSSR count). The van der Waals surface area contributed by atoms with Gasteiger partial charge in [-0.25, -0.2) is 0 Å². The van der Waals surface area contributed by atoms with E-state index in [2.05, 4.69) is 106 Å². The molecular weight excluding hydrogens is 973 g/mol.